The molecule has 0 aliphatic carbocycles. The number of nitrogens with zero attached hydrogens (tertiary/aromatic N) is 3. The molecule has 0 saturated carbocycles. The van der Waals surface area contributed by atoms with E-state index in [1.165, 1.54) is 12.1 Å². The fraction of sp³-hybridized carbons (Fsp3) is 0. The smallest absolute Gasteiger partial charge is 0.258 e. The standard InChI is InChI=1S/C12H8N4O2/c17-16(18)9-6-4-8(5-7-9)10-2-1-3-11-12(10)14-15-13-11/h1-7H,(H,13,14,15). The number of para-hydroxylation sites is 1. The minimum atomic E-state index is -0.416. The van der Waals surface area contributed by atoms with E-state index in [0.717, 1.165) is 22.2 Å². The summed E-state index contributed by atoms with van der Waals surface area (Å²) in [5.41, 5.74) is 3.37. The summed E-state index contributed by atoms with van der Waals surface area (Å²) in [6, 6.07) is 12.0. The van der Waals surface area contributed by atoms with Crippen LogP contribution < -0.4 is 0 Å². The Kier molecular flexibility index (Phi) is 2.26. The van der Waals surface area contributed by atoms with Gasteiger partial charge < -0.3 is 0 Å². The lowest BCUT2D eigenvalue weighted by atomic mass is 10.0. The quantitative estimate of drug-likeness (QED) is 0.551. The number of H-pyrrole nitrogens is 1. The molecule has 6 heteroatoms. The number of hydrogen-bond donors (Lipinski definition) is 1. The predicted octanol–water partition coefficient (Wildman–Crippen LogP) is 2.53. The molecule has 0 bridgehead atoms. The molecule has 1 N–H and O–H groups in total. The second-order valence-corrected chi connectivity index (χ2v) is 3.80. The predicted molar refractivity (Wildman–Crippen MR) is 66.0 cm³/mol. The Balaban J connectivity index is 2.14. The van der Waals surface area contributed by atoms with Gasteiger partial charge in [0, 0.05) is 17.7 Å². The highest BCUT2D eigenvalue weighted by atomic mass is 16.6. The van der Waals surface area contributed by atoms with Crippen LogP contribution in [0.3, 0.4) is 0 Å². The van der Waals surface area contributed by atoms with Crippen molar-refractivity contribution in [1.82, 2.24) is 15.4 Å². The summed E-state index contributed by atoms with van der Waals surface area (Å²) in [5, 5.41) is 21.3. The molecular weight excluding hydrogens is 232 g/mol. The normalized spacial score (nSPS) is 10.7. The summed E-state index contributed by atoms with van der Waals surface area (Å²) in [5.74, 6) is 0. The second-order valence-electron chi connectivity index (χ2n) is 3.80. The molecule has 3 aromatic rings. The van der Waals surface area contributed by atoms with Crippen LogP contribution in [-0.4, -0.2) is 20.3 Å². The Morgan fingerprint density at radius 2 is 1.83 bits per heavy atom. The number of fused-ring (bicyclic) bond motifs is 1. The average molecular weight is 240 g/mol. The van der Waals surface area contributed by atoms with Crippen molar-refractivity contribution in [2.75, 3.05) is 0 Å². The highest BCUT2D eigenvalue weighted by molar-refractivity contribution is 5.91. The van der Waals surface area contributed by atoms with Gasteiger partial charge in [0.25, 0.3) is 5.69 Å². The Bertz CT molecular complexity index is 718. The number of aromatic nitrogens is 3. The van der Waals surface area contributed by atoms with Crippen molar-refractivity contribution in [2.45, 2.75) is 0 Å². The van der Waals surface area contributed by atoms with Crippen molar-refractivity contribution in [1.29, 1.82) is 0 Å². The van der Waals surface area contributed by atoms with Crippen LogP contribution in [0.2, 0.25) is 0 Å². The van der Waals surface area contributed by atoms with Gasteiger partial charge in [0.15, 0.2) is 0 Å². The number of rotatable bonds is 2. The number of nitrogens with one attached hydrogen (secondary N) is 1. The zero-order valence-corrected chi connectivity index (χ0v) is 9.20. The Labute approximate surface area is 101 Å². The van der Waals surface area contributed by atoms with Crippen LogP contribution >= 0.6 is 0 Å². The van der Waals surface area contributed by atoms with E-state index in [0.29, 0.717) is 0 Å². The zero-order chi connectivity index (χ0) is 12.5. The number of benzene rings is 2. The van der Waals surface area contributed by atoms with Crippen molar-refractivity contribution >= 4 is 16.7 Å². The molecule has 0 radical (unpaired) electrons. The van der Waals surface area contributed by atoms with Gasteiger partial charge in [-0.2, -0.15) is 15.4 Å². The Hall–Kier alpha value is -2.76. The molecule has 6 nitrogen and oxygen atoms in total. The molecule has 0 aliphatic rings. The van der Waals surface area contributed by atoms with Gasteiger partial charge in [-0.1, -0.05) is 12.1 Å². The maximum atomic E-state index is 10.6. The molecule has 0 saturated heterocycles. The molecule has 0 amide bonds. The van der Waals surface area contributed by atoms with Crippen molar-refractivity contribution in [3.05, 3.63) is 52.6 Å². The van der Waals surface area contributed by atoms with Crippen molar-refractivity contribution in [3.63, 3.8) is 0 Å². The SMILES string of the molecule is O=[N+]([O-])c1ccc(-c2cccc3n[nH]nc23)cc1. The van der Waals surface area contributed by atoms with E-state index in [2.05, 4.69) is 15.4 Å². The first kappa shape index (κ1) is 10.4. The maximum Gasteiger partial charge on any atom is 0.269 e. The van der Waals surface area contributed by atoms with E-state index in [-0.39, 0.29) is 5.69 Å². The lowest BCUT2D eigenvalue weighted by Gasteiger charge is -2.01. The third-order valence-corrected chi connectivity index (χ3v) is 2.74. The van der Waals surface area contributed by atoms with Gasteiger partial charge >= 0.3 is 0 Å². The van der Waals surface area contributed by atoms with Crippen molar-refractivity contribution in [3.8, 4) is 11.1 Å². The molecule has 88 valence electrons. The first-order chi connectivity index (χ1) is 8.75. The van der Waals surface area contributed by atoms with Gasteiger partial charge in [-0.3, -0.25) is 10.1 Å². The van der Waals surface area contributed by atoms with Crippen LogP contribution in [0.4, 0.5) is 5.69 Å². The lowest BCUT2D eigenvalue weighted by molar-refractivity contribution is -0.384. The summed E-state index contributed by atoms with van der Waals surface area (Å²) < 4.78 is 0. The topological polar surface area (TPSA) is 84.7 Å². The van der Waals surface area contributed by atoms with E-state index in [1.807, 2.05) is 18.2 Å². The van der Waals surface area contributed by atoms with Crippen LogP contribution in [0.25, 0.3) is 22.2 Å². The minimum Gasteiger partial charge on any atom is -0.258 e. The van der Waals surface area contributed by atoms with E-state index in [1.54, 1.807) is 12.1 Å². The Morgan fingerprint density at radius 3 is 2.56 bits per heavy atom. The molecule has 0 spiro atoms. The van der Waals surface area contributed by atoms with Crippen LogP contribution in [0.1, 0.15) is 0 Å². The number of non-ortho nitro benzene ring substituents is 1. The summed E-state index contributed by atoms with van der Waals surface area (Å²) in [6.07, 6.45) is 0. The molecular formula is C12H8N4O2. The lowest BCUT2D eigenvalue weighted by Crippen LogP contribution is -1.87. The third kappa shape index (κ3) is 1.60. The highest BCUT2D eigenvalue weighted by Gasteiger charge is 2.09. The van der Waals surface area contributed by atoms with Crippen LogP contribution in [0.15, 0.2) is 42.5 Å². The van der Waals surface area contributed by atoms with Gasteiger partial charge in [-0.25, -0.2) is 0 Å². The van der Waals surface area contributed by atoms with E-state index in [9.17, 15) is 10.1 Å². The summed E-state index contributed by atoms with van der Waals surface area (Å²) >= 11 is 0. The first-order valence-corrected chi connectivity index (χ1v) is 5.30. The van der Waals surface area contributed by atoms with Crippen LogP contribution in [0.5, 0.6) is 0 Å². The van der Waals surface area contributed by atoms with Crippen molar-refractivity contribution < 1.29 is 4.92 Å². The molecule has 1 heterocycles. The van der Waals surface area contributed by atoms with E-state index < -0.39 is 4.92 Å². The minimum absolute atomic E-state index is 0.0751. The number of hydrogen-bond acceptors (Lipinski definition) is 4. The van der Waals surface area contributed by atoms with Crippen LogP contribution in [-0.2, 0) is 0 Å². The van der Waals surface area contributed by atoms with Gasteiger partial charge in [-0.05, 0) is 23.8 Å². The van der Waals surface area contributed by atoms with E-state index in [4.69, 9.17) is 0 Å². The Morgan fingerprint density at radius 1 is 1.06 bits per heavy atom. The number of nitro benzene ring substituents is 1. The monoisotopic (exact) mass is 240 g/mol. The van der Waals surface area contributed by atoms with Gasteiger partial charge in [0.1, 0.15) is 11.0 Å². The highest BCUT2D eigenvalue weighted by Crippen LogP contribution is 2.27. The first-order valence-electron chi connectivity index (χ1n) is 5.30. The van der Waals surface area contributed by atoms with E-state index >= 15 is 0 Å². The molecule has 3 rings (SSSR count). The van der Waals surface area contributed by atoms with Gasteiger partial charge in [-0.15, -0.1) is 0 Å². The summed E-state index contributed by atoms with van der Waals surface area (Å²) in [4.78, 5) is 10.2. The molecule has 2 aromatic carbocycles. The van der Waals surface area contributed by atoms with Gasteiger partial charge in [0.2, 0.25) is 0 Å². The van der Waals surface area contributed by atoms with Crippen molar-refractivity contribution in [2.24, 2.45) is 0 Å². The summed E-state index contributed by atoms with van der Waals surface area (Å²) in [7, 11) is 0. The molecule has 0 aliphatic heterocycles. The van der Waals surface area contributed by atoms with Crippen LogP contribution in [0, 0.1) is 10.1 Å². The zero-order valence-electron chi connectivity index (χ0n) is 9.20. The fourth-order valence-electron chi connectivity index (χ4n) is 1.86. The molecule has 0 atom stereocenters. The number of aromatic amines is 1. The average Bonchev–Trinajstić information content (AvgIpc) is 2.87. The third-order valence-electron chi connectivity index (χ3n) is 2.74. The second kappa shape index (κ2) is 3.92. The number of nitro groups is 1. The maximum absolute atomic E-state index is 10.6. The fourth-order valence-corrected chi connectivity index (χ4v) is 1.86. The molecule has 0 fully saturated rings. The summed E-state index contributed by atoms with van der Waals surface area (Å²) in [6.45, 7) is 0. The molecule has 18 heavy (non-hydrogen) atoms. The molecule has 1 aromatic heterocycles. The van der Waals surface area contributed by atoms with Gasteiger partial charge in [0.05, 0.1) is 4.92 Å². The largest absolute Gasteiger partial charge is 0.269 e. The molecule has 0 unspecified atom stereocenters.